The Morgan fingerprint density at radius 3 is 2.70 bits per heavy atom. The number of aromatic nitrogens is 1. The van der Waals surface area contributed by atoms with E-state index in [1.807, 2.05) is 47.8 Å². The zero-order valence-corrected chi connectivity index (χ0v) is 23.5. The molecule has 4 N–H and O–H groups in total. The van der Waals surface area contributed by atoms with E-state index in [-0.39, 0.29) is 17.9 Å². The van der Waals surface area contributed by atoms with E-state index < -0.39 is 6.04 Å². The number of carbonyl (C=O) groups excluding carboxylic acids is 2. The molecule has 37 heavy (non-hydrogen) atoms. The van der Waals surface area contributed by atoms with Crippen LogP contribution in [0.4, 0.5) is 5.69 Å². The lowest BCUT2D eigenvalue weighted by atomic mass is 10.0. The Bertz CT molecular complexity index is 1250. The smallest absolute Gasteiger partial charge is 0.240 e. The molecule has 0 saturated carbocycles. The van der Waals surface area contributed by atoms with E-state index in [9.17, 15) is 9.59 Å². The van der Waals surface area contributed by atoms with Crippen molar-refractivity contribution < 1.29 is 9.59 Å². The molecule has 1 aromatic heterocycles. The molecule has 2 amide bonds. The third-order valence-electron chi connectivity index (χ3n) is 5.99. The van der Waals surface area contributed by atoms with Crippen molar-refractivity contribution in [1.82, 2.24) is 15.2 Å². The van der Waals surface area contributed by atoms with Gasteiger partial charge in [-0.15, -0.1) is 11.3 Å². The first-order valence-corrected chi connectivity index (χ1v) is 14.6. The first-order chi connectivity index (χ1) is 17.8. The molecule has 0 unspecified atom stereocenters. The summed E-state index contributed by atoms with van der Waals surface area (Å²) in [5, 5.41) is 9.06. The number of thiazole rings is 1. The van der Waals surface area contributed by atoms with Crippen molar-refractivity contribution in [2.75, 3.05) is 24.2 Å². The first-order valence-electron chi connectivity index (χ1n) is 12.0. The van der Waals surface area contributed by atoms with Gasteiger partial charge in [0, 0.05) is 42.3 Å². The molecule has 1 saturated heterocycles. The highest BCUT2D eigenvalue weighted by Crippen LogP contribution is 2.30. The Kier molecular flexibility index (Phi) is 9.86. The number of thioether (sulfide) groups is 1. The minimum absolute atomic E-state index is 0.0188. The standard InChI is InChI=1S/C26H29Cl2N5O2S2/c1-16(29)25(35)31-20-4-2-3-18(12-20)23-14-36-26(32-23)37-15-24(34)30-19-7-9-33(10-8-19)13-17-5-6-21(27)22(28)11-17/h2-6,11-12,14,16,19H,7-10,13,15,29H2,1H3,(H,30,34)(H,31,35)/t16-/m1/s1. The van der Waals surface area contributed by atoms with Gasteiger partial charge in [-0.3, -0.25) is 14.5 Å². The van der Waals surface area contributed by atoms with Crippen molar-refractivity contribution in [1.29, 1.82) is 0 Å². The maximum Gasteiger partial charge on any atom is 0.240 e. The number of halogens is 2. The van der Waals surface area contributed by atoms with Gasteiger partial charge in [0.1, 0.15) is 0 Å². The predicted molar refractivity (Wildman–Crippen MR) is 153 cm³/mol. The van der Waals surface area contributed by atoms with Gasteiger partial charge in [-0.25, -0.2) is 4.98 Å². The minimum Gasteiger partial charge on any atom is -0.353 e. The Morgan fingerprint density at radius 2 is 1.97 bits per heavy atom. The van der Waals surface area contributed by atoms with Crippen LogP contribution >= 0.6 is 46.3 Å². The summed E-state index contributed by atoms with van der Waals surface area (Å²) in [5.41, 5.74) is 9.13. The third-order valence-corrected chi connectivity index (χ3v) is 8.75. The van der Waals surface area contributed by atoms with Crippen LogP contribution in [0.2, 0.25) is 10.0 Å². The summed E-state index contributed by atoms with van der Waals surface area (Å²) in [5.74, 6) is 0.0983. The molecule has 7 nitrogen and oxygen atoms in total. The maximum absolute atomic E-state index is 12.6. The molecule has 0 bridgehead atoms. The Labute approximate surface area is 235 Å². The largest absolute Gasteiger partial charge is 0.353 e. The summed E-state index contributed by atoms with van der Waals surface area (Å²) in [7, 11) is 0. The summed E-state index contributed by atoms with van der Waals surface area (Å²) in [4.78, 5) is 31.4. The lowest BCUT2D eigenvalue weighted by molar-refractivity contribution is -0.119. The molecular formula is C26H29Cl2N5O2S2. The number of anilines is 1. The average Bonchev–Trinajstić information content (AvgIpc) is 3.36. The number of carbonyl (C=O) groups is 2. The van der Waals surface area contributed by atoms with Crippen LogP contribution in [0.3, 0.4) is 0 Å². The molecule has 196 valence electrons. The van der Waals surface area contributed by atoms with Crippen LogP contribution in [-0.2, 0) is 16.1 Å². The van der Waals surface area contributed by atoms with Crippen LogP contribution in [0.25, 0.3) is 11.3 Å². The number of hydrogen-bond acceptors (Lipinski definition) is 7. The normalized spacial score (nSPS) is 15.4. The first kappa shape index (κ1) is 27.9. The van der Waals surface area contributed by atoms with Crippen molar-refractivity contribution in [2.45, 2.75) is 42.7 Å². The number of nitrogens with one attached hydrogen (secondary N) is 2. The van der Waals surface area contributed by atoms with Gasteiger partial charge in [0.15, 0.2) is 4.34 Å². The number of piperidine rings is 1. The predicted octanol–water partition coefficient (Wildman–Crippen LogP) is 5.28. The van der Waals surface area contributed by atoms with Crippen molar-refractivity contribution in [3.63, 3.8) is 0 Å². The van der Waals surface area contributed by atoms with E-state index in [4.69, 9.17) is 28.9 Å². The number of nitrogens with two attached hydrogens (primary N) is 1. The molecule has 2 aromatic carbocycles. The molecule has 4 rings (SSSR count). The summed E-state index contributed by atoms with van der Waals surface area (Å²) in [6.45, 7) is 4.29. The van der Waals surface area contributed by atoms with Crippen LogP contribution < -0.4 is 16.4 Å². The number of hydrogen-bond donors (Lipinski definition) is 3. The molecular weight excluding hydrogens is 549 g/mol. The summed E-state index contributed by atoms with van der Waals surface area (Å²) in [6, 6.07) is 12.8. The van der Waals surface area contributed by atoms with E-state index in [1.165, 1.54) is 23.1 Å². The van der Waals surface area contributed by atoms with Crippen LogP contribution in [0.15, 0.2) is 52.2 Å². The molecule has 0 aliphatic carbocycles. The molecule has 3 aromatic rings. The summed E-state index contributed by atoms with van der Waals surface area (Å²) < 4.78 is 0.826. The Hall–Kier alpha value is -2.14. The van der Waals surface area contributed by atoms with E-state index in [0.717, 1.165) is 53.6 Å². The van der Waals surface area contributed by atoms with Gasteiger partial charge in [-0.05, 0) is 49.6 Å². The number of likely N-dealkylation sites (tertiary alicyclic amines) is 1. The van der Waals surface area contributed by atoms with Gasteiger partial charge in [0.05, 0.1) is 27.5 Å². The van der Waals surface area contributed by atoms with Crippen molar-refractivity contribution in [3.05, 3.63) is 63.5 Å². The highest BCUT2D eigenvalue weighted by Gasteiger charge is 2.21. The zero-order valence-electron chi connectivity index (χ0n) is 20.4. The van der Waals surface area contributed by atoms with Gasteiger partial charge in [0.25, 0.3) is 0 Å². The molecule has 1 atom stereocenters. The zero-order chi connectivity index (χ0) is 26.4. The minimum atomic E-state index is -0.585. The van der Waals surface area contributed by atoms with Crippen molar-refractivity contribution in [2.24, 2.45) is 5.73 Å². The monoisotopic (exact) mass is 577 g/mol. The number of nitrogens with zero attached hydrogens (tertiary/aromatic N) is 2. The fraction of sp³-hybridized carbons (Fsp3) is 0.346. The van der Waals surface area contributed by atoms with Gasteiger partial charge in [0.2, 0.25) is 11.8 Å². The number of benzene rings is 2. The van der Waals surface area contributed by atoms with Crippen LogP contribution in [0.5, 0.6) is 0 Å². The average molecular weight is 579 g/mol. The second-order valence-electron chi connectivity index (χ2n) is 9.01. The quantitative estimate of drug-likeness (QED) is 0.299. The second kappa shape index (κ2) is 13.1. The molecule has 2 heterocycles. The topological polar surface area (TPSA) is 100 Å². The Balaban J connectivity index is 1.21. The van der Waals surface area contributed by atoms with E-state index in [1.54, 1.807) is 6.92 Å². The lowest BCUT2D eigenvalue weighted by Gasteiger charge is -2.32. The van der Waals surface area contributed by atoms with E-state index in [2.05, 4.69) is 20.5 Å². The molecule has 11 heteroatoms. The maximum atomic E-state index is 12.6. The van der Waals surface area contributed by atoms with Crippen molar-refractivity contribution >= 4 is 63.8 Å². The van der Waals surface area contributed by atoms with Crippen molar-refractivity contribution in [3.8, 4) is 11.3 Å². The summed E-state index contributed by atoms with van der Waals surface area (Å²) >= 11 is 15.1. The highest BCUT2D eigenvalue weighted by atomic mass is 35.5. The highest BCUT2D eigenvalue weighted by molar-refractivity contribution is 8.01. The van der Waals surface area contributed by atoms with Crippen LogP contribution in [0, 0.1) is 0 Å². The van der Waals surface area contributed by atoms with Gasteiger partial charge in [-0.2, -0.15) is 0 Å². The van der Waals surface area contributed by atoms with Gasteiger partial charge < -0.3 is 16.4 Å². The van der Waals surface area contributed by atoms with Crippen LogP contribution in [-0.4, -0.2) is 52.6 Å². The molecule has 1 fully saturated rings. The fourth-order valence-electron chi connectivity index (χ4n) is 4.00. The van der Waals surface area contributed by atoms with Gasteiger partial charge in [-0.1, -0.05) is 53.2 Å². The number of rotatable bonds is 9. The van der Waals surface area contributed by atoms with E-state index in [0.29, 0.717) is 21.5 Å². The molecule has 0 radical (unpaired) electrons. The van der Waals surface area contributed by atoms with Gasteiger partial charge >= 0.3 is 0 Å². The SMILES string of the molecule is C[C@@H](N)C(=O)Nc1cccc(-c2csc(SCC(=O)NC3CCN(Cc4ccc(Cl)c(Cl)c4)CC3)n2)c1. The second-order valence-corrected chi connectivity index (χ2v) is 11.9. The van der Waals surface area contributed by atoms with E-state index >= 15 is 0 Å². The number of amides is 2. The fourth-order valence-corrected chi connectivity index (χ4v) is 5.96. The summed E-state index contributed by atoms with van der Waals surface area (Å²) in [6.07, 6.45) is 1.82. The molecule has 0 spiro atoms. The molecule has 1 aliphatic heterocycles. The lowest BCUT2D eigenvalue weighted by Crippen LogP contribution is -2.44. The molecule has 1 aliphatic rings. The Morgan fingerprint density at radius 1 is 1.19 bits per heavy atom. The third kappa shape index (κ3) is 8.17. The van der Waals surface area contributed by atoms with Crippen LogP contribution in [0.1, 0.15) is 25.3 Å².